The van der Waals surface area contributed by atoms with Crippen LogP contribution in [0.15, 0.2) is 93.8 Å². The Labute approximate surface area is 192 Å². The van der Waals surface area contributed by atoms with Gasteiger partial charge in [0.1, 0.15) is 10.6 Å². The molecule has 0 aromatic heterocycles. The predicted octanol–water partition coefficient (Wildman–Crippen LogP) is 4.72. The topological polar surface area (TPSA) is 84.8 Å². The summed E-state index contributed by atoms with van der Waals surface area (Å²) in [5.74, 6) is -0.518. The van der Waals surface area contributed by atoms with E-state index in [1.807, 2.05) is 30.3 Å². The van der Waals surface area contributed by atoms with Gasteiger partial charge in [-0.2, -0.15) is 26.7 Å². The first-order chi connectivity index (χ1) is 15.6. The lowest BCUT2D eigenvalue weighted by molar-refractivity contribution is -0.137. The van der Waals surface area contributed by atoms with Gasteiger partial charge in [-0.25, -0.2) is 5.43 Å². The Morgan fingerprint density at radius 2 is 1.64 bits per heavy atom. The molecule has 1 amide bonds. The molecule has 0 aliphatic heterocycles. The fourth-order valence-corrected chi connectivity index (χ4v) is 4.37. The normalized spacial score (nSPS) is 12.0. The highest BCUT2D eigenvalue weighted by Gasteiger charge is 2.32. The maximum atomic E-state index is 13.2. The molecule has 0 bridgehead atoms. The van der Waals surface area contributed by atoms with Crippen LogP contribution >= 0.6 is 11.8 Å². The van der Waals surface area contributed by atoms with E-state index < -0.39 is 38.2 Å². The van der Waals surface area contributed by atoms with Gasteiger partial charge in [-0.15, -0.1) is 11.8 Å². The van der Waals surface area contributed by atoms with Gasteiger partial charge in [0, 0.05) is 10.5 Å². The van der Waals surface area contributed by atoms with Gasteiger partial charge in [-0.05, 0) is 42.5 Å². The van der Waals surface area contributed by atoms with Crippen LogP contribution in [-0.4, -0.2) is 26.3 Å². The van der Waals surface area contributed by atoms with Gasteiger partial charge < -0.3 is 4.18 Å². The first-order valence-corrected chi connectivity index (χ1v) is 11.7. The molecule has 11 heteroatoms. The van der Waals surface area contributed by atoms with Crippen molar-refractivity contribution in [1.29, 1.82) is 0 Å². The van der Waals surface area contributed by atoms with Crippen molar-refractivity contribution >= 4 is 34.0 Å². The van der Waals surface area contributed by atoms with Crippen molar-refractivity contribution in [3.8, 4) is 5.75 Å². The molecule has 0 unspecified atom stereocenters. The number of carbonyl (C=O) groups is 1. The Bertz CT molecular complexity index is 1230. The average molecular weight is 495 g/mol. The summed E-state index contributed by atoms with van der Waals surface area (Å²) in [6.45, 7) is 0. The number of thioether (sulfide) groups is 1. The number of hydrogen-bond acceptors (Lipinski definition) is 6. The summed E-state index contributed by atoms with van der Waals surface area (Å²) in [5, 5.41) is 3.63. The molecule has 6 nitrogen and oxygen atoms in total. The second-order valence-electron chi connectivity index (χ2n) is 6.50. The molecule has 1 N–H and O–H groups in total. The van der Waals surface area contributed by atoms with Gasteiger partial charge in [0.25, 0.3) is 0 Å². The summed E-state index contributed by atoms with van der Waals surface area (Å²) in [6.07, 6.45) is -3.87. The molecule has 0 spiro atoms. The van der Waals surface area contributed by atoms with Crippen LogP contribution < -0.4 is 9.61 Å². The number of benzene rings is 3. The van der Waals surface area contributed by atoms with E-state index >= 15 is 0 Å². The molecular weight excluding hydrogens is 477 g/mol. The SMILES string of the molecule is O=C(CSc1ccccc1)NN=Cc1cc(C(F)(F)F)ccc1S(=O)(=O)Oc1ccccc1. The minimum Gasteiger partial charge on any atom is -0.379 e. The van der Waals surface area contributed by atoms with E-state index in [4.69, 9.17) is 4.18 Å². The highest BCUT2D eigenvalue weighted by molar-refractivity contribution is 8.00. The molecule has 3 rings (SSSR count). The van der Waals surface area contributed by atoms with E-state index in [1.54, 1.807) is 18.2 Å². The van der Waals surface area contributed by atoms with Gasteiger partial charge in [0.15, 0.2) is 0 Å². The number of halogens is 3. The molecular formula is C22H17F3N2O4S2. The summed E-state index contributed by atoms with van der Waals surface area (Å²) < 4.78 is 69.8. The smallest absolute Gasteiger partial charge is 0.379 e. The Morgan fingerprint density at radius 3 is 2.27 bits per heavy atom. The number of amides is 1. The molecule has 0 saturated carbocycles. The Morgan fingerprint density at radius 1 is 1.00 bits per heavy atom. The highest BCUT2D eigenvalue weighted by Crippen LogP contribution is 2.32. The lowest BCUT2D eigenvalue weighted by atomic mass is 10.1. The van der Waals surface area contributed by atoms with Crippen molar-refractivity contribution in [2.45, 2.75) is 16.0 Å². The number of para-hydroxylation sites is 1. The standard InChI is InChI=1S/C22H17F3N2O4S2/c23-22(24,25)17-11-12-20(33(29,30)31-18-7-3-1-4-8-18)16(13-17)14-26-27-21(28)15-32-19-9-5-2-6-10-19/h1-14H,15H2,(H,27,28). The Hall–Kier alpha value is -3.31. The maximum absolute atomic E-state index is 13.2. The first kappa shape index (κ1) is 24.3. The third-order valence-corrected chi connectivity index (χ3v) is 6.40. The number of carbonyl (C=O) groups excluding carboxylic acids is 1. The van der Waals surface area contributed by atoms with Crippen LogP contribution in [-0.2, 0) is 21.1 Å². The van der Waals surface area contributed by atoms with Crippen molar-refractivity contribution in [3.63, 3.8) is 0 Å². The van der Waals surface area contributed by atoms with E-state index in [-0.39, 0.29) is 11.5 Å². The molecule has 0 fully saturated rings. The van der Waals surface area contributed by atoms with Crippen molar-refractivity contribution < 1.29 is 30.6 Å². The summed E-state index contributed by atoms with van der Waals surface area (Å²) in [6, 6.07) is 18.6. The van der Waals surface area contributed by atoms with Crippen LogP contribution in [0.3, 0.4) is 0 Å². The molecule has 172 valence electrons. The summed E-state index contributed by atoms with van der Waals surface area (Å²) in [4.78, 5) is 12.3. The summed E-state index contributed by atoms with van der Waals surface area (Å²) in [7, 11) is -4.48. The molecule has 0 heterocycles. The monoisotopic (exact) mass is 494 g/mol. The second kappa shape index (κ2) is 10.5. The number of rotatable bonds is 8. The van der Waals surface area contributed by atoms with Gasteiger partial charge in [-0.1, -0.05) is 36.4 Å². The molecule has 0 radical (unpaired) electrons. The Kier molecular flexibility index (Phi) is 7.77. The zero-order valence-electron chi connectivity index (χ0n) is 16.8. The Balaban J connectivity index is 1.80. The molecule has 0 aliphatic rings. The van der Waals surface area contributed by atoms with Crippen LogP contribution in [0, 0.1) is 0 Å². The zero-order chi connectivity index (χ0) is 23.9. The van der Waals surface area contributed by atoms with Crippen molar-refractivity contribution in [1.82, 2.24) is 5.43 Å². The summed E-state index contributed by atoms with van der Waals surface area (Å²) >= 11 is 1.24. The van der Waals surface area contributed by atoms with Crippen molar-refractivity contribution in [2.24, 2.45) is 5.10 Å². The van der Waals surface area contributed by atoms with Crippen LogP contribution in [0.25, 0.3) is 0 Å². The van der Waals surface area contributed by atoms with Gasteiger partial charge in [-0.3, -0.25) is 4.79 Å². The summed E-state index contributed by atoms with van der Waals surface area (Å²) in [5.41, 5.74) is 0.713. The van der Waals surface area contributed by atoms with Crippen LogP contribution in [0.4, 0.5) is 13.2 Å². The van der Waals surface area contributed by atoms with Crippen molar-refractivity contribution in [3.05, 3.63) is 90.0 Å². The maximum Gasteiger partial charge on any atom is 0.416 e. The lowest BCUT2D eigenvalue weighted by Gasteiger charge is -2.12. The predicted molar refractivity (Wildman–Crippen MR) is 119 cm³/mol. The molecule has 0 saturated heterocycles. The van der Waals surface area contributed by atoms with Crippen LogP contribution in [0.1, 0.15) is 11.1 Å². The van der Waals surface area contributed by atoms with Gasteiger partial charge in [0.05, 0.1) is 17.5 Å². The van der Waals surface area contributed by atoms with E-state index in [9.17, 15) is 26.4 Å². The fourth-order valence-electron chi connectivity index (χ4n) is 2.57. The third-order valence-electron chi connectivity index (χ3n) is 4.06. The van der Waals surface area contributed by atoms with Crippen LogP contribution in [0.2, 0.25) is 0 Å². The second-order valence-corrected chi connectivity index (χ2v) is 9.06. The number of alkyl halides is 3. The minimum absolute atomic E-state index is 0.00617. The van der Waals surface area contributed by atoms with E-state index in [0.29, 0.717) is 12.1 Å². The minimum atomic E-state index is -4.71. The van der Waals surface area contributed by atoms with E-state index in [2.05, 4.69) is 10.5 Å². The number of nitrogens with one attached hydrogen (secondary N) is 1. The van der Waals surface area contributed by atoms with Crippen LogP contribution in [0.5, 0.6) is 5.75 Å². The zero-order valence-corrected chi connectivity index (χ0v) is 18.5. The van der Waals surface area contributed by atoms with E-state index in [0.717, 1.165) is 17.2 Å². The van der Waals surface area contributed by atoms with Gasteiger partial charge in [0.2, 0.25) is 5.91 Å². The highest BCUT2D eigenvalue weighted by atomic mass is 32.2. The molecule has 3 aromatic carbocycles. The molecule has 33 heavy (non-hydrogen) atoms. The molecule has 3 aromatic rings. The number of hydrogen-bond donors (Lipinski definition) is 1. The molecule has 0 atom stereocenters. The fraction of sp³-hybridized carbons (Fsp3) is 0.0909. The largest absolute Gasteiger partial charge is 0.416 e. The average Bonchev–Trinajstić information content (AvgIpc) is 2.78. The first-order valence-electron chi connectivity index (χ1n) is 9.36. The van der Waals surface area contributed by atoms with Gasteiger partial charge >= 0.3 is 16.3 Å². The quantitative estimate of drug-likeness (QED) is 0.212. The third kappa shape index (κ3) is 7.09. The molecule has 0 aliphatic carbocycles. The van der Waals surface area contributed by atoms with E-state index in [1.165, 1.54) is 23.9 Å². The number of hydrazone groups is 1. The number of nitrogens with zero attached hydrogens (tertiary/aromatic N) is 1. The lowest BCUT2D eigenvalue weighted by Crippen LogP contribution is -2.20. The van der Waals surface area contributed by atoms with Crippen molar-refractivity contribution in [2.75, 3.05) is 5.75 Å².